The lowest BCUT2D eigenvalue weighted by atomic mass is 10.1. The Balaban J connectivity index is 2.12. The van der Waals surface area contributed by atoms with E-state index in [4.69, 9.17) is 5.73 Å². The Morgan fingerprint density at radius 3 is 2.94 bits per heavy atom. The van der Waals surface area contributed by atoms with E-state index in [1.165, 1.54) is 0 Å². The fourth-order valence-electron chi connectivity index (χ4n) is 1.87. The number of benzene rings is 1. The highest BCUT2D eigenvalue weighted by molar-refractivity contribution is 9.10. The molecule has 0 saturated carbocycles. The number of nitrogens with zero attached hydrogens (tertiary/aromatic N) is 2. The van der Waals surface area contributed by atoms with E-state index in [1.807, 2.05) is 18.2 Å². The number of allylic oxidation sites excluding steroid dienone is 1. The van der Waals surface area contributed by atoms with E-state index < -0.39 is 0 Å². The van der Waals surface area contributed by atoms with Gasteiger partial charge in [0.1, 0.15) is 5.69 Å². The summed E-state index contributed by atoms with van der Waals surface area (Å²) in [5.74, 6) is 0.0653. The highest BCUT2D eigenvalue weighted by atomic mass is 79.9. The minimum Gasteiger partial charge on any atom is -0.492 e. The predicted molar refractivity (Wildman–Crippen MR) is 74.8 cm³/mol. The fraction of sp³-hybridized carbons (Fsp3) is 0. The lowest BCUT2D eigenvalue weighted by molar-refractivity contribution is 0.456. The number of nitrogens with one attached hydrogen (secondary N) is 1. The number of aromatic amines is 1. The number of nitrogen functional groups attached to an aromatic ring is 1. The summed E-state index contributed by atoms with van der Waals surface area (Å²) >= 11 is 3.49. The first-order chi connectivity index (χ1) is 8.65. The molecule has 0 atom stereocenters. The molecule has 0 bridgehead atoms. The van der Waals surface area contributed by atoms with Gasteiger partial charge in [-0.1, -0.05) is 22.0 Å². The van der Waals surface area contributed by atoms with Gasteiger partial charge in [0.2, 0.25) is 11.8 Å². The molecule has 4 N–H and O–H groups in total. The first-order valence-electron chi connectivity index (χ1n) is 5.24. The Morgan fingerprint density at radius 2 is 2.22 bits per heavy atom. The molecule has 90 valence electrons. The number of aliphatic imine (C=N–C) groups is 1. The summed E-state index contributed by atoms with van der Waals surface area (Å²) in [5, 5.41) is 9.59. The average molecular weight is 305 g/mol. The minimum atomic E-state index is -0.117. The number of imidazole rings is 1. The van der Waals surface area contributed by atoms with Crippen molar-refractivity contribution in [2.45, 2.75) is 0 Å². The molecule has 0 spiro atoms. The number of hydrogen-bond acceptors (Lipinski definition) is 4. The van der Waals surface area contributed by atoms with Crippen LogP contribution in [0.3, 0.4) is 0 Å². The van der Waals surface area contributed by atoms with Crippen LogP contribution in [-0.2, 0) is 0 Å². The molecular weight excluding hydrogens is 296 g/mol. The van der Waals surface area contributed by atoms with Gasteiger partial charge in [-0.3, -0.25) is 4.99 Å². The van der Waals surface area contributed by atoms with Crippen LogP contribution in [0.4, 0.5) is 11.6 Å². The quantitative estimate of drug-likeness (QED) is 0.757. The van der Waals surface area contributed by atoms with E-state index in [0.29, 0.717) is 5.69 Å². The van der Waals surface area contributed by atoms with Crippen molar-refractivity contribution in [2.24, 2.45) is 4.99 Å². The van der Waals surface area contributed by atoms with Gasteiger partial charge in [0.25, 0.3) is 0 Å². The Labute approximate surface area is 111 Å². The van der Waals surface area contributed by atoms with Crippen LogP contribution >= 0.6 is 15.9 Å². The molecule has 2 heterocycles. The monoisotopic (exact) mass is 304 g/mol. The molecule has 18 heavy (non-hydrogen) atoms. The van der Waals surface area contributed by atoms with Crippen LogP contribution in [0.25, 0.3) is 11.6 Å². The second-order valence-electron chi connectivity index (χ2n) is 3.85. The van der Waals surface area contributed by atoms with Crippen LogP contribution in [0.2, 0.25) is 0 Å². The summed E-state index contributed by atoms with van der Waals surface area (Å²) < 4.78 is 0.954. The van der Waals surface area contributed by atoms with Gasteiger partial charge in [-0.05, 0) is 18.2 Å². The highest BCUT2D eigenvalue weighted by Crippen LogP contribution is 2.38. The van der Waals surface area contributed by atoms with E-state index >= 15 is 0 Å². The van der Waals surface area contributed by atoms with Gasteiger partial charge in [-0.15, -0.1) is 0 Å². The maximum atomic E-state index is 9.59. The van der Waals surface area contributed by atoms with E-state index in [2.05, 4.69) is 30.9 Å². The van der Waals surface area contributed by atoms with Crippen molar-refractivity contribution in [3.63, 3.8) is 0 Å². The summed E-state index contributed by atoms with van der Waals surface area (Å²) in [7, 11) is 0. The molecule has 2 aromatic rings. The number of hydrogen-bond donors (Lipinski definition) is 3. The van der Waals surface area contributed by atoms with Crippen LogP contribution in [0, 0.1) is 0 Å². The number of halogens is 1. The normalized spacial score (nSPS) is 15.3. The summed E-state index contributed by atoms with van der Waals surface area (Å²) in [6.45, 7) is 0. The van der Waals surface area contributed by atoms with E-state index in [1.54, 1.807) is 12.3 Å². The second kappa shape index (κ2) is 3.99. The first kappa shape index (κ1) is 11.0. The topological polar surface area (TPSA) is 87.3 Å². The minimum absolute atomic E-state index is 0.117. The van der Waals surface area contributed by atoms with E-state index in [-0.39, 0.29) is 11.8 Å². The zero-order valence-electron chi connectivity index (χ0n) is 9.18. The zero-order valence-corrected chi connectivity index (χ0v) is 10.8. The molecule has 0 radical (unpaired) electrons. The van der Waals surface area contributed by atoms with Gasteiger partial charge >= 0.3 is 0 Å². The molecule has 5 nitrogen and oxygen atoms in total. The van der Waals surface area contributed by atoms with Gasteiger partial charge in [-0.25, -0.2) is 0 Å². The zero-order chi connectivity index (χ0) is 12.7. The van der Waals surface area contributed by atoms with Crippen molar-refractivity contribution in [3.8, 4) is 5.88 Å². The SMILES string of the molecule is Nc1nc(O)c(/C=C2\C=Nc3cccc(Br)c32)[nH]1. The Kier molecular flexibility index (Phi) is 2.45. The molecule has 0 amide bonds. The van der Waals surface area contributed by atoms with Gasteiger partial charge in [0.15, 0.2) is 0 Å². The smallest absolute Gasteiger partial charge is 0.238 e. The average Bonchev–Trinajstić information content (AvgIpc) is 2.85. The Hall–Kier alpha value is -2.08. The molecule has 0 unspecified atom stereocenters. The van der Waals surface area contributed by atoms with Crippen molar-refractivity contribution < 1.29 is 5.11 Å². The number of aromatic hydroxyl groups is 1. The van der Waals surface area contributed by atoms with Crippen LogP contribution in [0.1, 0.15) is 11.3 Å². The first-order valence-corrected chi connectivity index (χ1v) is 6.03. The van der Waals surface area contributed by atoms with Gasteiger partial charge in [-0.2, -0.15) is 4.98 Å². The standard InChI is InChI=1S/C12H9BrN4O/c13-7-2-1-3-8-10(7)6(5-15-8)4-9-11(18)17-12(14)16-9/h1-5,18H,(H3,14,16,17)/b6-4+. The Bertz CT molecular complexity index is 687. The third kappa shape index (κ3) is 1.70. The van der Waals surface area contributed by atoms with Crippen molar-refractivity contribution in [1.82, 2.24) is 9.97 Å². The Morgan fingerprint density at radius 1 is 1.39 bits per heavy atom. The van der Waals surface area contributed by atoms with Crippen LogP contribution in [0.5, 0.6) is 5.88 Å². The summed E-state index contributed by atoms with van der Waals surface area (Å²) in [6, 6.07) is 5.80. The molecule has 0 fully saturated rings. The number of rotatable bonds is 1. The number of H-pyrrole nitrogens is 1. The maximum absolute atomic E-state index is 9.59. The molecule has 1 aromatic carbocycles. The maximum Gasteiger partial charge on any atom is 0.238 e. The molecule has 6 heteroatoms. The van der Waals surface area contributed by atoms with Crippen molar-refractivity contribution in [3.05, 3.63) is 33.9 Å². The summed E-state index contributed by atoms with van der Waals surface area (Å²) in [5.41, 5.74) is 8.72. The van der Waals surface area contributed by atoms with Crippen LogP contribution in [0.15, 0.2) is 27.7 Å². The van der Waals surface area contributed by atoms with Gasteiger partial charge in [0.05, 0.1) is 5.69 Å². The molecular formula is C12H9BrN4O. The largest absolute Gasteiger partial charge is 0.492 e. The van der Waals surface area contributed by atoms with Crippen LogP contribution < -0.4 is 5.73 Å². The molecule has 0 saturated heterocycles. The van der Waals surface area contributed by atoms with Gasteiger partial charge < -0.3 is 15.8 Å². The third-order valence-electron chi connectivity index (χ3n) is 2.65. The van der Waals surface area contributed by atoms with Crippen molar-refractivity contribution in [2.75, 3.05) is 5.73 Å². The molecule has 3 rings (SSSR count). The molecule has 1 aliphatic heterocycles. The summed E-state index contributed by atoms with van der Waals surface area (Å²) in [6.07, 6.45) is 3.50. The second-order valence-corrected chi connectivity index (χ2v) is 4.71. The van der Waals surface area contributed by atoms with Crippen LogP contribution in [-0.4, -0.2) is 21.3 Å². The predicted octanol–water partition coefficient (Wildman–Crippen LogP) is 2.72. The number of nitrogens with two attached hydrogens (primary N) is 1. The van der Waals surface area contributed by atoms with E-state index in [0.717, 1.165) is 21.3 Å². The van der Waals surface area contributed by atoms with Crippen molar-refractivity contribution >= 4 is 45.4 Å². The fourth-order valence-corrected chi connectivity index (χ4v) is 2.46. The number of anilines is 1. The van der Waals surface area contributed by atoms with E-state index in [9.17, 15) is 5.11 Å². The molecule has 0 aliphatic carbocycles. The summed E-state index contributed by atoms with van der Waals surface area (Å²) in [4.78, 5) is 10.8. The van der Waals surface area contributed by atoms with Gasteiger partial charge in [0, 0.05) is 21.8 Å². The number of fused-ring (bicyclic) bond motifs is 1. The lowest BCUT2D eigenvalue weighted by Crippen LogP contribution is -1.86. The van der Waals surface area contributed by atoms with Crippen molar-refractivity contribution in [1.29, 1.82) is 0 Å². The third-order valence-corrected chi connectivity index (χ3v) is 3.31. The highest BCUT2D eigenvalue weighted by Gasteiger charge is 2.16. The molecule has 1 aliphatic rings. The molecule has 1 aromatic heterocycles. The number of aromatic nitrogens is 2. The lowest BCUT2D eigenvalue weighted by Gasteiger charge is -2.02.